The van der Waals surface area contributed by atoms with E-state index in [-0.39, 0.29) is 12.5 Å². The highest BCUT2D eigenvalue weighted by molar-refractivity contribution is 5.74. The van der Waals surface area contributed by atoms with Gasteiger partial charge in [0.2, 0.25) is 0 Å². The van der Waals surface area contributed by atoms with Crippen LogP contribution in [0.2, 0.25) is 0 Å². The minimum atomic E-state index is -0.777. The maximum Gasteiger partial charge on any atom is 0.317 e. The fourth-order valence-corrected chi connectivity index (χ4v) is 2.44. The number of hydrogen-bond donors (Lipinski definition) is 2. The van der Waals surface area contributed by atoms with Crippen molar-refractivity contribution in [3.63, 3.8) is 0 Å². The lowest BCUT2D eigenvalue weighted by Crippen LogP contribution is -2.44. The molecule has 0 saturated carbocycles. The van der Waals surface area contributed by atoms with Crippen LogP contribution in [-0.2, 0) is 4.79 Å². The van der Waals surface area contributed by atoms with Crippen LogP contribution in [0.4, 0.5) is 4.79 Å². The molecule has 1 saturated heterocycles. The molecule has 18 heavy (non-hydrogen) atoms. The van der Waals surface area contributed by atoms with Gasteiger partial charge in [-0.2, -0.15) is 0 Å². The number of carboxylic acid groups (broad SMARTS) is 1. The van der Waals surface area contributed by atoms with Crippen molar-refractivity contribution in [1.82, 2.24) is 10.2 Å². The first-order valence-electron chi connectivity index (χ1n) is 6.78. The van der Waals surface area contributed by atoms with E-state index in [1.807, 2.05) is 4.90 Å². The number of carbonyl (C=O) groups excluding carboxylic acids is 1. The van der Waals surface area contributed by atoms with Crippen LogP contribution in [0.1, 0.15) is 46.0 Å². The van der Waals surface area contributed by atoms with Gasteiger partial charge < -0.3 is 15.3 Å². The van der Waals surface area contributed by atoms with E-state index in [2.05, 4.69) is 19.2 Å². The topological polar surface area (TPSA) is 69.6 Å². The number of nitrogens with zero attached hydrogens (tertiary/aromatic N) is 1. The van der Waals surface area contributed by atoms with Crippen LogP contribution in [0.25, 0.3) is 0 Å². The van der Waals surface area contributed by atoms with Crippen molar-refractivity contribution in [3.8, 4) is 0 Å². The zero-order valence-corrected chi connectivity index (χ0v) is 11.3. The lowest BCUT2D eigenvalue weighted by Gasteiger charge is -2.27. The second-order valence-corrected chi connectivity index (χ2v) is 5.23. The van der Waals surface area contributed by atoms with Crippen molar-refractivity contribution in [3.05, 3.63) is 0 Å². The molecule has 1 aliphatic rings. The van der Waals surface area contributed by atoms with Crippen LogP contribution in [0, 0.1) is 5.92 Å². The van der Waals surface area contributed by atoms with E-state index in [9.17, 15) is 9.59 Å². The first kappa shape index (κ1) is 14.8. The van der Waals surface area contributed by atoms with Gasteiger partial charge in [0.1, 0.15) is 0 Å². The Morgan fingerprint density at radius 3 is 2.72 bits per heavy atom. The SMILES string of the molecule is CC(C)C1CCCN1C(=O)NCCCCC(=O)O. The van der Waals surface area contributed by atoms with Crippen LogP contribution in [-0.4, -0.2) is 41.1 Å². The predicted octanol–water partition coefficient (Wildman–Crippen LogP) is 2.07. The third-order valence-corrected chi connectivity index (χ3v) is 3.42. The molecular weight excluding hydrogens is 232 g/mol. The summed E-state index contributed by atoms with van der Waals surface area (Å²) in [5, 5.41) is 11.4. The monoisotopic (exact) mass is 256 g/mol. The van der Waals surface area contributed by atoms with Crippen molar-refractivity contribution >= 4 is 12.0 Å². The van der Waals surface area contributed by atoms with E-state index in [0.717, 1.165) is 25.8 Å². The number of nitrogens with one attached hydrogen (secondary N) is 1. The lowest BCUT2D eigenvalue weighted by molar-refractivity contribution is -0.137. The fourth-order valence-electron chi connectivity index (χ4n) is 2.44. The van der Waals surface area contributed by atoms with Crippen LogP contribution in [0.5, 0.6) is 0 Å². The van der Waals surface area contributed by atoms with Gasteiger partial charge in [0, 0.05) is 25.6 Å². The van der Waals surface area contributed by atoms with Gasteiger partial charge in [-0.1, -0.05) is 13.8 Å². The highest BCUT2D eigenvalue weighted by Crippen LogP contribution is 2.23. The molecule has 5 heteroatoms. The minimum absolute atomic E-state index is 0.00141. The summed E-state index contributed by atoms with van der Waals surface area (Å²) in [6.45, 7) is 5.68. The second kappa shape index (κ2) is 7.24. The molecule has 2 N–H and O–H groups in total. The molecule has 2 amide bonds. The molecular formula is C13H24N2O3. The number of unbranched alkanes of at least 4 members (excludes halogenated alkanes) is 1. The van der Waals surface area contributed by atoms with Gasteiger partial charge in [0.05, 0.1) is 0 Å². The predicted molar refractivity (Wildman–Crippen MR) is 69.5 cm³/mol. The summed E-state index contributed by atoms with van der Waals surface area (Å²) in [6, 6.07) is 0.352. The zero-order chi connectivity index (χ0) is 13.5. The average Bonchev–Trinajstić information content (AvgIpc) is 2.76. The van der Waals surface area contributed by atoms with Gasteiger partial charge in [0.25, 0.3) is 0 Å². The fraction of sp³-hybridized carbons (Fsp3) is 0.846. The summed E-state index contributed by atoms with van der Waals surface area (Å²) in [5.41, 5.74) is 0. The molecule has 0 aromatic carbocycles. The number of carboxylic acids is 1. The van der Waals surface area contributed by atoms with Crippen molar-refractivity contribution in [2.45, 2.75) is 52.0 Å². The largest absolute Gasteiger partial charge is 0.481 e. The molecule has 1 atom stereocenters. The summed E-state index contributed by atoms with van der Waals surface area (Å²) in [5.74, 6) is -0.286. The highest BCUT2D eigenvalue weighted by Gasteiger charge is 2.30. The Morgan fingerprint density at radius 1 is 1.39 bits per heavy atom. The molecule has 0 aliphatic carbocycles. The summed E-state index contributed by atoms with van der Waals surface area (Å²) in [6.07, 6.45) is 3.68. The smallest absolute Gasteiger partial charge is 0.317 e. The molecule has 0 aromatic rings. The first-order chi connectivity index (χ1) is 8.52. The molecule has 1 fully saturated rings. The van der Waals surface area contributed by atoms with Crippen LogP contribution in [0.3, 0.4) is 0 Å². The van der Waals surface area contributed by atoms with Gasteiger partial charge in [-0.3, -0.25) is 4.79 Å². The van der Waals surface area contributed by atoms with Gasteiger partial charge in [0.15, 0.2) is 0 Å². The molecule has 104 valence electrons. The number of urea groups is 1. The number of hydrogen-bond acceptors (Lipinski definition) is 2. The number of rotatable bonds is 6. The molecule has 1 rings (SSSR count). The molecule has 1 unspecified atom stereocenters. The molecule has 0 aromatic heterocycles. The third kappa shape index (κ3) is 4.55. The number of aliphatic carboxylic acids is 1. The number of amides is 2. The van der Waals surface area contributed by atoms with Crippen molar-refractivity contribution < 1.29 is 14.7 Å². The van der Waals surface area contributed by atoms with E-state index in [1.54, 1.807) is 0 Å². The maximum atomic E-state index is 12.0. The maximum absolute atomic E-state index is 12.0. The standard InChI is InChI=1S/C13H24N2O3/c1-10(2)11-6-5-9-15(11)13(18)14-8-4-3-7-12(16)17/h10-11H,3-9H2,1-2H3,(H,14,18)(H,16,17). The van der Waals surface area contributed by atoms with Crippen LogP contribution in [0.15, 0.2) is 0 Å². The Labute approximate surface area is 109 Å². The Kier molecular flexibility index (Phi) is 5.95. The Morgan fingerprint density at radius 2 is 2.11 bits per heavy atom. The lowest BCUT2D eigenvalue weighted by atomic mass is 10.0. The quantitative estimate of drug-likeness (QED) is 0.715. The van der Waals surface area contributed by atoms with E-state index >= 15 is 0 Å². The van der Waals surface area contributed by atoms with E-state index in [0.29, 0.717) is 24.9 Å². The number of likely N-dealkylation sites (tertiary alicyclic amines) is 1. The first-order valence-corrected chi connectivity index (χ1v) is 6.78. The Balaban J connectivity index is 2.22. The molecule has 1 aliphatic heterocycles. The van der Waals surface area contributed by atoms with Gasteiger partial charge in [-0.05, 0) is 31.6 Å². The average molecular weight is 256 g/mol. The van der Waals surface area contributed by atoms with Gasteiger partial charge in [-0.25, -0.2) is 4.79 Å². The Bertz CT molecular complexity index is 292. The van der Waals surface area contributed by atoms with E-state index in [4.69, 9.17) is 5.11 Å². The molecule has 0 spiro atoms. The van der Waals surface area contributed by atoms with Crippen molar-refractivity contribution in [2.24, 2.45) is 5.92 Å². The number of carbonyl (C=O) groups is 2. The summed E-state index contributed by atoms with van der Waals surface area (Å²) in [7, 11) is 0. The normalized spacial score (nSPS) is 19.3. The van der Waals surface area contributed by atoms with Crippen molar-refractivity contribution in [1.29, 1.82) is 0 Å². The van der Waals surface area contributed by atoms with Crippen molar-refractivity contribution in [2.75, 3.05) is 13.1 Å². The van der Waals surface area contributed by atoms with E-state index < -0.39 is 5.97 Å². The summed E-state index contributed by atoms with van der Waals surface area (Å²) < 4.78 is 0. The molecule has 0 bridgehead atoms. The third-order valence-electron chi connectivity index (χ3n) is 3.42. The Hall–Kier alpha value is -1.26. The van der Waals surface area contributed by atoms with E-state index in [1.165, 1.54) is 0 Å². The summed E-state index contributed by atoms with van der Waals surface area (Å²) in [4.78, 5) is 24.2. The van der Waals surface area contributed by atoms with Crippen LogP contribution >= 0.6 is 0 Å². The van der Waals surface area contributed by atoms with Crippen LogP contribution < -0.4 is 5.32 Å². The molecule has 1 heterocycles. The molecule has 0 radical (unpaired) electrons. The zero-order valence-electron chi connectivity index (χ0n) is 11.3. The highest BCUT2D eigenvalue weighted by atomic mass is 16.4. The molecule has 5 nitrogen and oxygen atoms in total. The summed E-state index contributed by atoms with van der Waals surface area (Å²) >= 11 is 0. The van der Waals surface area contributed by atoms with Gasteiger partial charge in [-0.15, -0.1) is 0 Å². The second-order valence-electron chi connectivity index (χ2n) is 5.23. The van der Waals surface area contributed by atoms with Gasteiger partial charge >= 0.3 is 12.0 Å². The minimum Gasteiger partial charge on any atom is -0.481 e.